The number of fused-ring (bicyclic) bond motifs is 7. The molecule has 0 atom stereocenters. The van der Waals surface area contributed by atoms with E-state index >= 15 is 0 Å². The maximum absolute atomic E-state index is 6.40. The minimum atomic E-state index is 0.909. The van der Waals surface area contributed by atoms with Crippen molar-refractivity contribution in [2.24, 2.45) is 0 Å². The van der Waals surface area contributed by atoms with Crippen molar-refractivity contribution in [2.45, 2.75) is 0 Å². The van der Waals surface area contributed by atoms with Crippen molar-refractivity contribution in [3.05, 3.63) is 255 Å². The van der Waals surface area contributed by atoms with Crippen LogP contribution in [0.25, 0.3) is 105 Å². The van der Waals surface area contributed by atoms with Crippen LogP contribution in [0, 0.1) is 0 Å². The normalized spacial score (nSPS) is 11.6. The summed E-state index contributed by atoms with van der Waals surface area (Å²) in [6, 6.07) is 92.0. The van der Waals surface area contributed by atoms with E-state index in [-0.39, 0.29) is 0 Å². The van der Waals surface area contributed by atoms with Crippen LogP contribution in [-0.4, -0.2) is 4.57 Å². The SMILES string of the molecule is c1ccc(N(c2ccc(-c3ccc(-c4cccc5c4oc4ccccc45)cc3)cc2)c2ccc(-c3ccc4ccccc4c3)cc2)c(-c2ccccc2-n2c3ccccc3c3ccccc32)c1. The molecule has 0 aliphatic carbocycles. The van der Waals surface area contributed by atoms with Crippen LogP contribution in [0.2, 0.25) is 0 Å². The number of hydrogen-bond donors (Lipinski definition) is 0. The zero-order valence-electron chi connectivity index (χ0n) is 36.6. The number of anilines is 3. The van der Waals surface area contributed by atoms with E-state index < -0.39 is 0 Å². The lowest BCUT2D eigenvalue weighted by Gasteiger charge is -2.29. The molecular weight excluding hydrogens is 813 g/mol. The summed E-state index contributed by atoms with van der Waals surface area (Å²) in [4.78, 5) is 2.41. The quantitative estimate of drug-likeness (QED) is 0.152. The smallest absolute Gasteiger partial charge is 0.143 e. The average molecular weight is 855 g/mol. The highest BCUT2D eigenvalue weighted by Crippen LogP contribution is 2.45. The van der Waals surface area contributed by atoms with Crippen molar-refractivity contribution in [2.75, 3.05) is 4.90 Å². The second-order valence-electron chi connectivity index (χ2n) is 17.3. The topological polar surface area (TPSA) is 21.3 Å². The minimum absolute atomic E-state index is 0.909. The molecule has 0 saturated carbocycles. The Balaban J connectivity index is 0.918. The second kappa shape index (κ2) is 16.0. The molecule has 0 aliphatic rings. The summed E-state index contributed by atoms with van der Waals surface area (Å²) in [5.74, 6) is 0. The van der Waals surface area contributed by atoms with Crippen LogP contribution in [0.5, 0.6) is 0 Å². The third-order valence-electron chi connectivity index (χ3n) is 13.4. The number of aromatic nitrogens is 1. The van der Waals surface area contributed by atoms with E-state index in [1.165, 1.54) is 43.7 Å². The Labute approximate surface area is 388 Å². The zero-order valence-corrected chi connectivity index (χ0v) is 36.6. The fourth-order valence-electron chi connectivity index (χ4n) is 10.2. The maximum atomic E-state index is 6.40. The molecule has 0 fully saturated rings. The van der Waals surface area contributed by atoms with Crippen LogP contribution in [0.1, 0.15) is 0 Å². The Bertz CT molecular complexity index is 3920. The Hall–Kier alpha value is -8.92. The van der Waals surface area contributed by atoms with E-state index in [9.17, 15) is 0 Å². The molecule has 0 amide bonds. The Kier molecular flexibility index (Phi) is 9.17. The van der Waals surface area contributed by atoms with E-state index in [2.05, 4.69) is 252 Å². The molecule has 67 heavy (non-hydrogen) atoms. The molecule has 0 radical (unpaired) electrons. The highest BCUT2D eigenvalue weighted by molar-refractivity contribution is 6.11. The van der Waals surface area contributed by atoms with Gasteiger partial charge in [0.15, 0.2) is 0 Å². The first-order valence-electron chi connectivity index (χ1n) is 22.9. The van der Waals surface area contributed by atoms with Crippen molar-refractivity contribution in [1.82, 2.24) is 4.57 Å². The van der Waals surface area contributed by atoms with E-state index in [0.29, 0.717) is 0 Å². The fourth-order valence-corrected chi connectivity index (χ4v) is 10.2. The maximum Gasteiger partial charge on any atom is 0.143 e. The predicted octanol–water partition coefficient (Wildman–Crippen LogP) is 18.0. The van der Waals surface area contributed by atoms with Crippen LogP contribution in [-0.2, 0) is 0 Å². The van der Waals surface area contributed by atoms with Gasteiger partial charge >= 0.3 is 0 Å². The van der Waals surface area contributed by atoms with Crippen LogP contribution >= 0.6 is 0 Å². The summed E-state index contributed by atoms with van der Waals surface area (Å²) >= 11 is 0. The molecule has 0 unspecified atom stereocenters. The molecule has 0 bridgehead atoms. The number of benzene rings is 11. The third kappa shape index (κ3) is 6.59. The first-order chi connectivity index (χ1) is 33.2. The van der Waals surface area contributed by atoms with Gasteiger partial charge in [-0.3, -0.25) is 0 Å². The van der Waals surface area contributed by atoms with Gasteiger partial charge in [0.05, 0.1) is 22.4 Å². The molecule has 0 aliphatic heterocycles. The van der Waals surface area contributed by atoms with E-state index in [0.717, 1.165) is 78.1 Å². The molecule has 2 aromatic heterocycles. The molecule has 314 valence electrons. The van der Waals surface area contributed by atoms with Crippen LogP contribution in [0.15, 0.2) is 259 Å². The average Bonchev–Trinajstić information content (AvgIpc) is 3.95. The Morgan fingerprint density at radius 3 is 1.52 bits per heavy atom. The van der Waals surface area contributed by atoms with Crippen LogP contribution in [0.3, 0.4) is 0 Å². The van der Waals surface area contributed by atoms with E-state index in [1.54, 1.807) is 0 Å². The van der Waals surface area contributed by atoms with Gasteiger partial charge < -0.3 is 13.9 Å². The molecule has 0 N–H and O–H groups in total. The third-order valence-corrected chi connectivity index (χ3v) is 13.4. The highest BCUT2D eigenvalue weighted by Gasteiger charge is 2.21. The molecule has 0 saturated heterocycles. The van der Waals surface area contributed by atoms with Gasteiger partial charge in [0.2, 0.25) is 0 Å². The largest absolute Gasteiger partial charge is 0.455 e. The van der Waals surface area contributed by atoms with E-state index in [1.807, 2.05) is 12.1 Å². The molecule has 3 nitrogen and oxygen atoms in total. The fraction of sp³-hybridized carbons (Fsp3) is 0. The number of hydrogen-bond acceptors (Lipinski definition) is 2. The first kappa shape index (κ1) is 38.5. The van der Waals surface area contributed by atoms with Crippen molar-refractivity contribution in [1.29, 1.82) is 0 Å². The highest BCUT2D eigenvalue weighted by atomic mass is 16.3. The van der Waals surface area contributed by atoms with Crippen LogP contribution < -0.4 is 4.90 Å². The van der Waals surface area contributed by atoms with Gasteiger partial charge in [0, 0.05) is 49.6 Å². The predicted molar refractivity (Wildman–Crippen MR) is 282 cm³/mol. The number of nitrogens with zero attached hydrogens (tertiary/aromatic N) is 2. The minimum Gasteiger partial charge on any atom is -0.455 e. The van der Waals surface area contributed by atoms with Gasteiger partial charge in [-0.15, -0.1) is 0 Å². The number of rotatable bonds is 8. The lowest BCUT2D eigenvalue weighted by molar-refractivity contribution is 0.670. The van der Waals surface area contributed by atoms with Gasteiger partial charge in [-0.1, -0.05) is 194 Å². The lowest BCUT2D eigenvalue weighted by Crippen LogP contribution is -2.11. The van der Waals surface area contributed by atoms with Gasteiger partial charge in [-0.25, -0.2) is 0 Å². The number of para-hydroxylation sites is 6. The lowest BCUT2D eigenvalue weighted by atomic mass is 9.97. The summed E-state index contributed by atoms with van der Waals surface area (Å²) in [7, 11) is 0. The zero-order chi connectivity index (χ0) is 44.3. The summed E-state index contributed by atoms with van der Waals surface area (Å²) < 4.78 is 8.82. The monoisotopic (exact) mass is 854 g/mol. The molecule has 2 heterocycles. The summed E-state index contributed by atoms with van der Waals surface area (Å²) in [5, 5.41) is 7.24. The van der Waals surface area contributed by atoms with Gasteiger partial charge in [0.25, 0.3) is 0 Å². The summed E-state index contributed by atoms with van der Waals surface area (Å²) in [6.45, 7) is 0. The van der Waals surface area contributed by atoms with Gasteiger partial charge in [-0.05, 0) is 99.3 Å². The van der Waals surface area contributed by atoms with Crippen molar-refractivity contribution in [3.8, 4) is 50.2 Å². The van der Waals surface area contributed by atoms with Crippen molar-refractivity contribution >= 4 is 71.6 Å². The molecule has 13 aromatic rings. The standard InChI is InChI=1S/C64H42N2O/c1-2-15-48-42-49(33-30-43(48)14-1)46-36-40-51(41-37-46)65(50-38-34-45(35-39-50)44-28-31-47(32-29-44)52-21-13-22-58-57-20-7-12-27-63(57)67-64(52)58)59-23-8-3-16-53(59)54-17-4-9-24-60(54)66-61-25-10-5-18-55(61)56-19-6-11-26-62(56)66/h1-42H. The molecular formula is C64H42N2O. The number of furan rings is 1. The summed E-state index contributed by atoms with van der Waals surface area (Å²) in [5.41, 5.74) is 17.7. The Morgan fingerprint density at radius 1 is 0.313 bits per heavy atom. The van der Waals surface area contributed by atoms with Gasteiger partial charge in [0.1, 0.15) is 11.2 Å². The van der Waals surface area contributed by atoms with Crippen molar-refractivity contribution < 1.29 is 4.42 Å². The van der Waals surface area contributed by atoms with Crippen molar-refractivity contribution in [3.63, 3.8) is 0 Å². The first-order valence-corrected chi connectivity index (χ1v) is 22.9. The molecule has 0 spiro atoms. The molecule has 13 rings (SSSR count). The van der Waals surface area contributed by atoms with E-state index in [4.69, 9.17) is 4.42 Å². The molecule has 11 aromatic carbocycles. The van der Waals surface area contributed by atoms with Crippen LogP contribution in [0.4, 0.5) is 17.1 Å². The molecule has 3 heteroatoms. The van der Waals surface area contributed by atoms with Gasteiger partial charge in [-0.2, -0.15) is 0 Å². The summed E-state index contributed by atoms with van der Waals surface area (Å²) in [6.07, 6.45) is 0. The Morgan fingerprint density at radius 2 is 0.806 bits per heavy atom. The second-order valence-corrected chi connectivity index (χ2v) is 17.3.